The third kappa shape index (κ3) is 22.7. The van der Waals surface area contributed by atoms with Crippen molar-refractivity contribution in [2.75, 3.05) is 0 Å². The van der Waals surface area contributed by atoms with E-state index in [1.807, 2.05) is 0 Å². The number of halogens is 31. The molecule has 0 aromatic rings. The van der Waals surface area contributed by atoms with Crippen molar-refractivity contribution in [3.8, 4) is 0 Å². The molecule has 0 aromatic heterocycles. The summed E-state index contributed by atoms with van der Waals surface area (Å²) in [6.07, 6.45) is 0. The van der Waals surface area contributed by atoms with Gasteiger partial charge in [0, 0.05) is 0 Å². The summed E-state index contributed by atoms with van der Waals surface area (Å²) in [4.78, 5) is 0. The van der Waals surface area contributed by atoms with Crippen LogP contribution in [0.2, 0.25) is 0 Å². The van der Waals surface area contributed by atoms with Gasteiger partial charge in [0.2, 0.25) is 0 Å². The van der Waals surface area contributed by atoms with E-state index in [0.717, 1.165) is 0 Å². The van der Waals surface area contributed by atoms with Crippen LogP contribution in [0.3, 0.4) is 0 Å². The molecular formula is BI31. The third-order valence-corrected chi connectivity index (χ3v) is 2250. The van der Waals surface area contributed by atoms with Gasteiger partial charge >= 0.3 is 426 Å². The molecular weight excluding hydrogens is 3940 g/mol. The molecule has 0 aliphatic heterocycles. The molecule has 0 saturated heterocycles. The fourth-order valence-electron chi connectivity index (χ4n) is 0.409. The van der Waals surface area contributed by atoms with E-state index in [2.05, 4.69) is 298 Å². The van der Waals surface area contributed by atoms with Crippen LogP contribution in [-0.4, -0.2) is 5.70 Å². The summed E-state index contributed by atoms with van der Waals surface area (Å²) in [6, 6.07) is 0. The Bertz CT molecular complexity index is 453. The fraction of sp³-hybridized carbons (Fsp3) is 0. The van der Waals surface area contributed by atoms with Crippen LogP contribution >= 0.6 is 420 Å². The molecule has 0 saturated carbocycles. The van der Waals surface area contributed by atoms with Gasteiger partial charge in [0.15, 0.2) is 0 Å². The quantitative estimate of drug-likeness (QED) is 0.120. The van der Waals surface area contributed by atoms with Gasteiger partial charge in [-0.2, -0.15) is 0 Å². The van der Waals surface area contributed by atoms with Crippen LogP contribution in [0.4, 0.5) is 0 Å². The van der Waals surface area contributed by atoms with Crippen molar-refractivity contribution in [3.63, 3.8) is 0 Å². The molecule has 2 radical (unpaired) electrons. The molecule has 0 bridgehead atoms. The van der Waals surface area contributed by atoms with Gasteiger partial charge < -0.3 is 0 Å². The van der Waals surface area contributed by atoms with Gasteiger partial charge in [-0.3, -0.25) is 0 Å². The van der Waals surface area contributed by atoms with Crippen molar-refractivity contribution >= 4 is 426 Å². The number of hydrogen-bond acceptors (Lipinski definition) is 0. The molecule has 0 atom stereocenters. The first kappa shape index (κ1) is 54.7. The minimum atomic E-state index is -0.948. The maximum absolute atomic E-state index is 6.57. The number of hydrogen-bond donors (Lipinski definition) is 0. The van der Waals surface area contributed by atoms with Gasteiger partial charge in [0.1, 0.15) is 0 Å². The maximum atomic E-state index is 6.57. The summed E-state index contributed by atoms with van der Waals surface area (Å²) in [5.41, 5.74) is 6.57. The molecule has 32 heavy (non-hydrogen) atoms. The summed E-state index contributed by atoms with van der Waals surface area (Å²) in [7, 11) is -7.25. The molecule has 0 amide bonds. The Labute approximate surface area is 401 Å². The molecule has 0 fully saturated rings. The van der Waals surface area contributed by atoms with Crippen molar-refractivity contribution in [1.29, 1.82) is 0 Å². The van der Waals surface area contributed by atoms with Crippen LogP contribution in [0.1, 0.15) is 0 Å². The van der Waals surface area contributed by atoms with E-state index in [0.29, 0.717) is 0 Å². The van der Waals surface area contributed by atoms with E-state index in [-0.39, 0.29) is 0 Å². The molecule has 0 aliphatic carbocycles. The monoisotopic (exact) mass is 3950 g/mol. The topological polar surface area (TPSA) is 0 Å². The molecule has 0 unspecified atom stereocenters. The Morgan fingerprint density at radius 2 is 0.406 bits per heavy atom. The van der Waals surface area contributed by atoms with Gasteiger partial charge in [0.05, 0.1) is 0 Å². The van der Waals surface area contributed by atoms with Gasteiger partial charge in [-0.1, -0.05) is 0 Å². The van der Waals surface area contributed by atoms with Gasteiger partial charge in [0.25, 0.3) is 0 Å². The molecule has 0 nitrogen and oxygen atoms in total. The third-order valence-electron chi connectivity index (χ3n) is 1.16. The van der Waals surface area contributed by atoms with Crippen molar-refractivity contribution < 1.29 is 0 Å². The normalized spacial score (nSPS) is 18.4. The minimum absolute atomic E-state index is 0.442. The first-order chi connectivity index (χ1) is 14.5. The first-order valence-electron chi connectivity index (χ1n) is 4.50. The van der Waals surface area contributed by atoms with E-state index in [9.17, 15) is 0 Å². The molecule has 0 spiro atoms. The molecule has 0 rings (SSSR count). The SMILES string of the molecule is [B]I(I)I(I)I(I)I(I)I(I)I(I)I(I)I(I)I(I)I(I)I(I)I(I)I(I)I(I)I(I)I. The van der Waals surface area contributed by atoms with Gasteiger partial charge in [-0.15, -0.1) is 0 Å². The first-order valence-corrected chi connectivity index (χ1v) is 194. The Hall–Kier alpha value is 22.7. The number of rotatable bonds is 14. The van der Waals surface area contributed by atoms with Crippen LogP contribution in [0.15, 0.2) is 0 Å². The van der Waals surface area contributed by atoms with Crippen LogP contribution in [0.25, 0.3) is 0 Å². The van der Waals surface area contributed by atoms with Crippen molar-refractivity contribution in [3.05, 3.63) is 0 Å². The predicted octanol–water partition coefficient (Wildman–Crippen LogP) is 27.1. The molecule has 0 aromatic carbocycles. The molecule has 0 heterocycles. The Morgan fingerprint density at radius 1 is 0.250 bits per heavy atom. The van der Waals surface area contributed by atoms with Crippen molar-refractivity contribution in [2.45, 2.75) is 0 Å². The standard InChI is InChI=1S/BI31/c1-18(2)20(5)22(7)24(9)26(11)28(13)30(15)32(17)31(16)29(14)27(12)25(10)23(8)21(6)19(3)4. The zero-order valence-electron chi connectivity index (χ0n) is 12.3. The zero-order chi connectivity index (χ0) is 25.7. The Balaban J connectivity index is 5.23. The summed E-state index contributed by atoms with van der Waals surface area (Å²) >= 11 is 49.2. The van der Waals surface area contributed by atoms with Gasteiger partial charge in [-0.05, 0) is 0 Å². The average molecular weight is 3940 g/mol. The van der Waals surface area contributed by atoms with Crippen LogP contribution in [0.5, 0.6) is 0 Å². The zero-order valence-corrected chi connectivity index (χ0v) is 79.2. The Kier molecular flexibility index (Phi) is 55.6. The second-order valence-electron chi connectivity index (χ2n) is 2.49. The summed E-state index contributed by atoms with van der Waals surface area (Å²) in [5, 5.41) is 0. The average Bonchev–Trinajstić information content (AvgIpc) is 2.76. The second-order valence-corrected chi connectivity index (χ2v) is 708. The van der Waals surface area contributed by atoms with Crippen LogP contribution in [-0.2, 0) is 0 Å². The molecule has 0 N–H and O–H groups in total. The Morgan fingerprint density at radius 3 is 0.562 bits per heavy atom. The van der Waals surface area contributed by atoms with Crippen LogP contribution in [0, 0.1) is 0 Å². The summed E-state index contributed by atoms with van der Waals surface area (Å²) < 4.78 is 0. The fourth-order valence-corrected chi connectivity index (χ4v) is 5290. The van der Waals surface area contributed by atoms with Crippen LogP contribution < -0.4 is 0 Å². The molecule has 0 aliphatic rings. The van der Waals surface area contributed by atoms with E-state index in [1.165, 1.54) is 0 Å². The van der Waals surface area contributed by atoms with Crippen molar-refractivity contribution in [1.82, 2.24) is 0 Å². The van der Waals surface area contributed by atoms with E-state index < -0.39 is 122 Å². The second kappa shape index (κ2) is 32.5. The summed E-state index contributed by atoms with van der Waals surface area (Å²) in [6.45, 7) is 0. The van der Waals surface area contributed by atoms with Crippen molar-refractivity contribution in [2.24, 2.45) is 0 Å². The van der Waals surface area contributed by atoms with E-state index in [1.54, 1.807) is 0 Å². The summed E-state index contributed by atoms with van der Waals surface area (Å²) in [5.74, 6) is 0. The predicted molar refractivity (Wildman–Crippen MR) is 440 cm³/mol. The molecule has 220 valence electrons. The molecule has 32 heteroatoms. The van der Waals surface area contributed by atoms with E-state index >= 15 is 0 Å². The van der Waals surface area contributed by atoms with E-state index in [4.69, 9.17) is 5.70 Å². The van der Waals surface area contributed by atoms with Gasteiger partial charge in [-0.25, -0.2) is 0 Å².